The van der Waals surface area contributed by atoms with E-state index in [-0.39, 0.29) is 17.6 Å². The zero-order chi connectivity index (χ0) is 20.3. The van der Waals surface area contributed by atoms with E-state index in [1.165, 1.54) is 6.07 Å². The molecule has 0 radical (unpaired) electrons. The number of nitrogens with one attached hydrogen (secondary N) is 1. The lowest BCUT2D eigenvalue weighted by atomic mass is 10.1. The van der Waals surface area contributed by atoms with Crippen molar-refractivity contribution in [2.24, 2.45) is 0 Å². The minimum atomic E-state index is -0.411. The van der Waals surface area contributed by atoms with E-state index in [0.29, 0.717) is 24.3 Å². The van der Waals surface area contributed by atoms with Crippen molar-refractivity contribution >= 4 is 28.6 Å². The van der Waals surface area contributed by atoms with E-state index in [4.69, 9.17) is 0 Å². The lowest BCUT2D eigenvalue weighted by Crippen LogP contribution is -2.46. The van der Waals surface area contributed by atoms with Crippen LogP contribution < -0.4 is 10.2 Å². The second-order valence-electron chi connectivity index (χ2n) is 7.21. The number of carbonyl (C=O) groups is 1. The summed E-state index contributed by atoms with van der Waals surface area (Å²) in [6.45, 7) is 9.51. The Hall–Kier alpha value is -2.52. The van der Waals surface area contributed by atoms with Gasteiger partial charge in [-0.25, -0.2) is 4.98 Å². The van der Waals surface area contributed by atoms with E-state index < -0.39 is 4.92 Å². The molecule has 1 aromatic carbocycles. The van der Waals surface area contributed by atoms with Gasteiger partial charge in [-0.1, -0.05) is 0 Å². The molecule has 0 spiro atoms. The van der Waals surface area contributed by atoms with Crippen molar-refractivity contribution < 1.29 is 9.72 Å². The number of amides is 1. The topological polar surface area (TPSA) is 91.6 Å². The number of rotatable bonds is 6. The Bertz CT molecular complexity index is 859. The minimum Gasteiger partial charge on any atom is -0.363 e. The summed E-state index contributed by atoms with van der Waals surface area (Å²) >= 11 is 1.65. The van der Waals surface area contributed by atoms with Crippen LogP contribution in [0.1, 0.15) is 34.9 Å². The van der Waals surface area contributed by atoms with Crippen molar-refractivity contribution in [2.75, 3.05) is 31.1 Å². The molecule has 1 aliphatic heterocycles. The van der Waals surface area contributed by atoms with E-state index >= 15 is 0 Å². The molecular formula is C19H25N5O3S. The van der Waals surface area contributed by atoms with Gasteiger partial charge in [-0.3, -0.25) is 19.8 Å². The molecule has 0 saturated carbocycles. The summed E-state index contributed by atoms with van der Waals surface area (Å²) in [5.41, 5.74) is 1.92. The lowest BCUT2D eigenvalue weighted by molar-refractivity contribution is -0.384. The maximum atomic E-state index is 12.2. The molecular weight excluding hydrogens is 378 g/mol. The summed E-state index contributed by atoms with van der Waals surface area (Å²) in [5, 5.41) is 17.5. The van der Waals surface area contributed by atoms with Crippen LogP contribution in [0.2, 0.25) is 0 Å². The molecule has 1 aromatic heterocycles. The average Bonchev–Trinajstić information content (AvgIpc) is 3.06. The van der Waals surface area contributed by atoms with E-state index in [1.54, 1.807) is 23.5 Å². The van der Waals surface area contributed by atoms with Crippen LogP contribution in [-0.4, -0.2) is 52.9 Å². The van der Waals surface area contributed by atoms with Crippen LogP contribution in [-0.2, 0) is 6.54 Å². The van der Waals surface area contributed by atoms with E-state index in [1.807, 2.05) is 25.7 Å². The van der Waals surface area contributed by atoms with Gasteiger partial charge in [0.15, 0.2) is 0 Å². The molecule has 1 N–H and O–H groups in total. The smallest absolute Gasteiger partial charge is 0.293 e. The predicted octanol–water partition coefficient (Wildman–Crippen LogP) is 2.82. The fourth-order valence-electron chi connectivity index (χ4n) is 3.28. The number of piperazine rings is 1. The Balaban J connectivity index is 1.69. The second kappa shape index (κ2) is 8.66. The standard InChI is InChI=1S/C19H25N5O3S/c1-13(2)20-19(25)15-4-5-17(18(10-15)24(26)27)23-8-6-22(7-9-23)11-16-12-28-14(3)21-16/h4-5,10,12-13H,6-9,11H2,1-3H3,(H,20,25). The van der Waals surface area contributed by atoms with Gasteiger partial charge in [0.2, 0.25) is 0 Å². The second-order valence-corrected chi connectivity index (χ2v) is 8.27. The molecule has 2 aromatic rings. The SMILES string of the molecule is Cc1nc(CN2CCN(c3ccc(C(=O)NC(C)C)cc3[N+](=O)[O-])CC2)cs1. The van der Waals surface area contributed by atoms with Gasteiger partial charge in [0.05, 0.1) is 15.6 Å². The highest BCUT2D eigenvalue weighted by atomic mass is 32.1. The summed E-state index contributed by atoms with van der Waals surface area (Å²) in [5.74, 6) is -0.298. The summed E-state index contributed by atoms with van der Waals surface area (Å²) < 4.78 is 0. The van der Waals surface area contributed by atoms with E-state index in [0.717, 1.165) is 30.3 Å². The highest BCUT2D eigenvalue weighted by molar-refractivity contribution is 7.09. The molecule has 2 heterocycles. The van der Waals surface area contributed by atoms with Gasteiger partial charge in [0, 0.05) is 55.8 Å². The maximum absolute atomic E-state index is 12.2. The number of nitrogens with zero attached hydrogens (tertiary/aromatic N) is 4. The fraction of sp³-hybridized carbons (Fsp3) is 0.474. The number of hydrogen-bond donors (Lipinski definition) is 1. The first-order chi connectivity index (χ1) is 13.3. The van der Waals surface area contributed by atoms with Crippen molar-refractivity contribution in [2.45, 2.75) is 33.4 Å². The Morgan fingerprint density at radius 1 is 1.32 bits per heavy atom. The molecule has 0 atom stereocenters. The molecule has 8 nitrogen and oxygen atoms in total. The molecule has 0 bridgehead atoms. The van der Waals surface area contributed by atoms with Crippen molar-refractivity contribution in [3.63, 3.8) is 0 Å². The number of aromatic nitrogens is 1. The third-order valence-electron chi connectivity index (χ3n) is 4.62. The van der Waals surface area contributed by atoms with Gasteiger partial charge < -0.3 is 10.2 Å². The van der Waals surface area contributed by atoms with Gasteiger partial charge in [-0.15, -0.1) is 11.3 Å². The van der Waals surface area contributed by atoms with Gasteiger partial charge in [0.25, 0.3) is 11.6 Å². The predicted molar refractivity (Wildman–Crippen MR) is 110 cm³/mol. The Morgan fingerprint density at radius 2 is 2.04 bits per heavy atom. The molecule has 9 heteroatoms. The highest BCUT2D eigenvalue weighted by Gasteiger charge is 2.25. The zero-order valence-electron chi connectivity index (χ0n) is 16.3. The summed E-state index contributed by atoms with van der Waals surface area (Å²) in [7, 11) is 0. The van der Waals surface area contributed by atoms with Crippen LogP contribution in [0.15, 0.2) is 23.6 Å². The first-order valence-electron chi connectivity index (χ1n) is 9.31. The molecule has 28 heavy (non-hydrogen) atoms. The van der Waals surface area contributed by atoms with Crippen LogP contribution in [0.4, 0.5) is 11.4 Å². The van der Waals surface area contributed by atoms with Crippen LogP contribution in [0, 0.1) is 17.0 Å². The van der Waals surface area contributed by atoms with Gasteiger partial charge >= 0.3 is 0 Å². The first kappa shape index (κ1) is 20.2. The molecule has 0 aliphatic carbocycles. The van der Waals surface area contributed by atoms with E-state index in [2.05, 4.69) is 20.6 Å². The third-order valence-corrected chi connectivity index (χ3v) is 5.44. The maximum Gasteiger partial charge on any atom is 0.293 e. The molecule has 0 unspecified atom stereocenters. The molecule has 150 valence electrons. The Kier molecular flexibility index (Phi) is 6.25. The van der Waals surface area contributed by atoms with Crippen LogP contribution in [0.3, 0.4) is 0 Å². The number of nitro benzene ring substituents is 1. The fourth-order valence-corrected chi connectivity index (χ4v) is 3.88. The highest BCUT2D eigenvalue weighted by Crippen LogP contribution is 2.30. The first-order valence-corrected chi connectivity index (χ1v) is 10.2. The number of anilines is 1. The van der Waals surface area contributed by atoms with Gasteiger partial charge in [0.1, 0.15) is 5.69 Å². The number of nitro groups is 1. The summed E-state index contributed by atoms with van der Waals surface area (Å²) in [6.07, 6.45) is 0. The van der Waals surface area contributed by atoms with Crippen LogP contribution >= 0.6 is 11.3 Å². The van der Waals surface area contributed by atoms with Crippen LogP contribution in [0.5, 0.6) is 0 Å². The Morgan fingerprint density at radius 3 is 2.61 bits per heavy atom. The van der Waals surface area contributed by atoms with Crippen molar-refractivity contribution in [1.82, 2.24) is 15.2 Å². The van der Waals surface area contributed by atoms with E-state index in [9.17, 15) is 14.9 Å². The number of aryl methyl sites for hydroxylation is 1. The molecule has 1 fully saturated rings. The monoisotopic (exact) mass is 403 g/mol. The molecule has 3 rings (SSSR count). The summed E-state index contributed by atoms with van der Waals surface area (Å²) in [6, 6.07) is 4.69. The summed E-state index contributed by atoms with van der Waals surface area (Å²) in [4.78, 5) is 32.2. The van der Waals surface area contributed by atoms with Gasteiger partial charge in [-0.2, -0.15) is 0 Å². The number of thiazole rings is 1. The van der Waals surface area contributed by atoms with Crippen molar-refractivity contribution in [3.8, 4) is 0 Å². The van der Waals surface area contributed by atoms with Crippen molar-refractivity contribution in [1.29, 1.82) is 0 Å². The number of hydrogen-bond acceptors (Lipinski definition) is 7. The number of benzene rings is 1. The molecule has 1 amide bonds. The average molecular weight is 404 g/mol. The quantitative estimate of drug-likeness (QED) is 0.589. The van der Waals surface area contributed by atoms with Crippen LogP contribution in [0.25, 0.3) is 0 Å². The molecule has 1 aliphatic rings. The number of carbonyl (C=O) groups excluding carboxylic acids is 1. The third kappa shape index (κ3) is 4.85. The zero-order valence-corrected chi connectivity index (χ0v) is 17.2. The molecule has 1 saturated heterocycles. The van der Waals surface area contributed by atoms with Gasteiger partial charge in [-0.05, 0) is 32.9 Å². The normalized spacial score (nSPS) is 15.1. The Labute approximate surface area is 168 Å². The minimum absolute atomic E-state index is 0.0270. The lowest BCUT2D eigenvalue weighted by Gasteiger charge is -2.35. The largest absolute Gasteiger partial charge is 0.363 e. The van der Waals surface area contributed by atoms with Crippen molar-refractivity contribution in [3.05, 3.63) is 50.0 Å².